The van der Waals surface area contributed by atoms with Crippen LogP contribution in [0.5, 0.6) is 5.75 Å². The first-order valence-electron chi connectivity index (χ1n) is 5.22. The monoisotopic (exact) mass is 262 g/mol. The number of unbranched alkanes of at least 4 members (excludes halogenated alkanes) is 1. The molecule has 0 aromatic heterocycles. The number of hydrogen-bond acceptors (Lipinski definition) is 2. The summed E-state index contributed by atoms with van der Waals surface area (Å²) in [6.07, 6.45) is 1.57. The Morgan fingerprint density at radius 1 is 1.29 bits per heavy atom. The Morgan fingerprint density at radius 3 is 2.53 bits per heavy atom. The third-order valence-corrected chi connectivity index (χ3v) is 2.60. The van der Waals surface area contributed by atoms with Crippen LogP contribution in [0.4, 0.5) is 8.78 Å². The van der Waals surface area contributed by atoms with Gasteiger partial charge in [0.2, 0.25) is 0 Å². The van der Waals surface area contributed by atoms with E-state index >= 15 is 0 Å². The van der Waals surface area contributed by atoms with E-state index in [9.17, 15) is 13.6 Å². The van der Waals surface area contributed by atoms with Gasteiger partial charge in [-0.1, -0.05) is 0 Å². The van der Waals surface area contributed by atoms with Crippen molar-refractivity contribution in [2.24, 2.45) is 0 Å². The van der Waals surface area contributed by atoms with Crippen LogP contribution in [0, 0.1) is 11.6 Å². The molecule has 0 aliphatic heterocycles. The van der Waals surface area contributed by atoms with E-state index < -0.39 is 11.6 Å². The van der Waals surface area contributed by atoms with Crippen molar-refractivity contribution in [3.05, 3.63) is 29.3 Å². The first kappa shape index (κ1) is 13.9. The molecule has 0 atom stereocenters. The molecule has 0 radical (unpaired) electrons. The van der Waals surface area contributed by atoms with Gasteiger partial charge in [0.05, 0.1) is 12.7 Å². The molecule has 0 amide bonds. The van der Waals surface area contributed by atoms with Crippen LogP contribution in [0.15, 0.2) is 12.1 Å². The summed E-state index contributed by atoms with van der Waals surface area (Å²) in [5, 5.41) is 0. The Bertz CT molecular complexity index is 408. The quantitative estimate of drug-likeness (QED) is 0.445. The fourth-order valence-corrected chi connectivity index (χ4v) is 1.62. The van der Waals surface area contributed by atoms with E-state index in [1.807, 2.05) is 0 Å². The van der Waals surface area contributed by atoms with E-state index in [0.29, 0.717) is 18.7 Å². The highest BCUT2D eigenvalue weighted by molar-refractivity contribution is 6.17. The summed E-state index contributed by atoms with van der Waals surface area (Å²) in [7, 11) is 1.31. The molecule has 0 spiro atoms. The van der Waals surface area contributed by atoms with E-state index in [1.54, 1.807) is 0 Å². The Balaban J connectivity index is 2.88. The lowest BCUT2D eigenvalue weighted by atomic mass is 10.0. The molecule has 2 nitrogen and oxygen atoms in total. The molecule has 1 aromatic rings. The van der Waals surface area contributed by atoms with Gasteiger partial charge in [-0.15, -0.1) is 11.6 Å². The second-order valence-electron chi connectivity index (χ2n) is 3.54. The average molecular weight is 263 g/mol. The summed E-state index contributed by atoms with van der Waals surface area (Å²) < 4.78 is 30.8. The van der Waals surface area contributed by atoms with E-state index in [2.05, 4.69) is 0 Å². The van der Waals surface area contributed by atoms with Crippen LogP contribution < -0.4 is 4.74 Å². The summed E-state index contributed by atoms with van der Waals surface area (Å²) in [4.78, 5) is 11.8. The van der Waals surface area contributed by atoms with Crippen molar-refractivity contribution in [3.63, 3.8) is 0 Å². The van der Waals surface area contributed by atoms with Crippen molar-refractivity contribution < 1.29 is 18.3 Å². The third kappa shape index (κ3) is 3.66. The maximum atomic E-state index is 13.0. The number of ketones is 1. The van der Waals surface area contributed by atoms with Crippen molar-refractivity contribution in [3.8, 4) is 5.75 Å². The molecule has 1 aromatic carbocycles. The number of alkyl halides is 1. The largest absolute Gasteiger partial charge is 0.496 e. The second kappa shape index (κ2) is 6.55. The first-order valence-corrected chi connectivity index (χ1v) is 5.75. The van der Waals surface area contributed by atoms with Crippen LogP contribution in [0.2, 0.25) is 0 Å². The van der Waals surface area contributed by atoms with Crippen molar-refractivity contribution in [2.75, 3.05) is 13.0 Å². The predicted molar refractivity (Wildman–Crippen MR) is 61.8 cm³/mol. The molecule has 0 fully saturated rings. The second-order valence-corrected chi connectivity index (χ2v) is 3.91. The van der Waals surface area contributed by atoms with Crippen LogP contribution in [0.1, 0.15) is 29.6 Å². The van der Waals surface area contributed by atoms with Crippen LogP contribution in [-0.2, 0) is 0 Å². The minimum atomic E-state index is -1.05. The molecule has 0 aliphatic carbocycles. The first-order chi connectivity index (χ1) is 8.10. The fourth-order valence-electron chi connectivity index (χ4n) is 1.43. The van der Waals surface area contributed by atoms with Crippen LogP contribution >= 0.6 is 11.6 Å². The molecule has 0 bridgehead atoms. The van der Waals surface area contributed by atoms with Gasteiger partial charge in [-0.3, -0.25) is 4.79 Å². The van der Waals surface area contributed by atoms with Crippen LogP contribution in [0.25, 0.3) is 0 Å². The maximum Gasteiger partial charge on any atom is 0.166 e. The maximum absolute atomic E-state index is 13.0. The number of ether oxygens (including phenoxy) is 1. The lowest BCUT2D eigenvalue weighted by Crippen LogP contribution is -2.04. The van der Waals surface area contributed by atoms with E-state index in [1.165, 1.54) is 7.11 Å². The molecule has 0 aliphatic rings. The highest BCUT2D eigenvalue weighted by Crippen LogP contribution is 2.24. The van der Waals surface area contributed by atoms with Crippen LogP contribution in [0.3, 0.4) is 0 Å². The molecule has 0 saturated carbocycles. The molecule has 0 saturated heterocycles. The number of hydrogen-bond donors (Lipinski definition) is 0. The van der Waals surface area contributed by atoms with Gasteiger partial charge in [0.25, 0.3) is 0 Å². The number of carbonyl (C=O) groups excluding carboxylic acids is 1. The molecular weight excluding hydrogens is 250 g/mol. The van der Waals surface area contributed by atoms with Gasteiger partial charge in [0.15, 0.2) is 17.4 Å². The van der Waals surface area contributed by atoms with Gasteiger partial charge in [-0.25, -0.2) is 8.78 Å². The summed E-state index contributed by atoms with van der Waals surface area (Å²) >= 11 is 5.49. The SMILES string of the molecule is COc1cc(F)c(F)cc1C(=O)CCCCCl. The van der Waals surface area contributed by atoms with Gasteiger partial charge in [0, 0.05) is 18.4 Å². The molecule has 1 rings (SSSR count). The van der Waals surface area contributed by atoms with Crippen molar-refractivity contribution in [2.45, 2.75) is 19.3 Å². The summed E-state index contributed by atoms with van der Waals surface area (Å²) in [6.45, 7) is 0. The smallest absolute Gasteiger partial charge is 0.166 e. The van der Waals surface area contributed by atoms with Crippen molar-refractivity contribution in [1.82, 2.24) is 0 Å². The highest BCUT2D eigenvalue weighted by atomic mass is 35.5. The molecule has 17 heavy (non-hydrogen) atoms. The molecule has 94 valence electrons. The van der Waals surface area contributed by atoms with Gasteiger partial charge >= 0.3 is 0 Å². The van der Waals surface area contributed by atoms with Crippen molar-refractivity contribution >= 4 is 17.4 Å². The zero-order valence-electron chi connectivity index (χ0n) is 9.43. The number of halogens is 3. The number of carbonyl (C=O) groups is 1. The average Bonchev–Trinajstić information content (AvgIpc) is 2.32. The number of benzene rings is 1. The van der Waals surface area contributed by atoms with E-state index in [4.69, 9.17) is 16.3 Å². The van der Waals surface area contributed by atoms with Gasteiger partial charge < -0.3 is 4.74 Å². The predicted octanol–water partition coefficient (Wildman–Crippen LogP) is 3.57. The topological polar surface area (TPSA) is 26.3 Å². The lowest BCUT2D eigenvalue weighted by molar-refractivity contribution is 0.0976. The minimum Gasteiger partial charge on any atom is -0.496 e. The lowest BCUT2D eigenvalue weighted by Gasteiger charge is -2.08. The fraction of sp³-hybridized carbons (Fsp3) is 0.417. The van der Waals surface area contributed by atoms with E-state index in [-0.39, 0.29) is 23.5 Å². The zero-order valence-corrected chi connectivity index (χ0v) is 10.2. The van der Waals surface area contributed by atoms with Gasteiger partial charge in [-0.05, 0) is 18.9 Å². The minimum absolute atomic E-state index is 0.0553. The normalized spacial score (nSPS) is 10.4. The molecule has 0 heterocycles. The van der Waals surface area contributed by atoms with Crippen LogP contribution in [-0.4, -0.2) is 18.8 Å². The van der Waals surface area contributed by atoms with E-state index in [0.717, 1.165) is 12.1 Å². The Morgan fingerprint density at radius 2 is 1.94 bits per heavy atom. The molecule has 5 heteroatoms. The van der Waals surface area contributed by atoms with Crippen molar-refractivity contribution in [1.29, 1.82) is 0 Å². The summed E-state index contributed by atoms with van der Waals surface area (Å²) in [5.41, 5.74) is 0.0703. The number of methoxy groups -OCH3 is 1. The molecular formula is C12H13ClF2O2. The number of Topliss-reactive ketones (excluding diaryl/α,β-unsaturated/α-hetero) is 1. The summed E-state index contributed by atoms with van der Waals surface area (Å²) in [5.74, 6) is -1.82. The third-order valence-electron chi connectivity index (χ3n) is 2.33. The van der Waals surface area contributed by atoms with Gasteiger partial charge in [0.1, 0.15) is 5.75 Å². The Kier molecular flexibility index (Phi) is 5.35. The standard InChI is InChI=1S/C12H13ClF2O2/c1-17-12-7-10(15)9(14)6-8(12)11(16)4-2-3-5-13/h6-7H,2-5H2,1H3. The Labute approximate surface area is 104 Å². The Hall–Kier alpha value is -1.16. The number of rotatable bonds is 6. The van der Waals surface area contributed by atoms with Gasteiger partial charge in [-0.2, -0.15) is 0 Å². The highest BCUT2D eigenvalue weighted by Gasteiger charge is 2.16. The molecule has 0 unspecified atom stereocenters. The zero-order chi connectivity index (χ0) is 12.8. The summed E-state index contributed by atoms with van der Waals surface area (Å²) in [6, 6.07) is 1.75. The molecule has 0 N–H and O–H groups in total.